The standard InChI is InChI=1S/C11H15ClN2O4S/c12-10-6-9(19(13,15)16)7-14-11(10)18-5-3-8-2-1-4-17-8/h6-8H,1-5H2,(H2,13,15,16)/t8-/m0/s1. The maximum atomic E-state index is 11.1. The first-order chi connectivity index (χ1) is 8.97. The van der Waals surface area contributed by atoms with Crippen LogP contribution in [-0.4, -0.2) is 32.7 Å². The van der Waals surface area contributed by atoms with Crippen LogP contribution in [0.1, 0.15) is 19.3 Å². The van der Waals surface area contributed by atoms with E-state index in [9.17, 15) is 8.42 Å². The average molecular weight is 307 g/mol. The van der Waals surface area contributed by atoms with Gasteiger partial charge in [-0.1, -0.05) is 11.6 Å². The Hall–Kier alpha value is -0.890. The number of hydrogen-bond donors (Lipinski definition) is 1. The molecule has 1 aliphatic heterocycles. The van der Waals surface area contributed by atoms with Crippen LogP contribution in [0.15, 0.2) is 17.2 Å². The molecule has 19 heavy (non-hydrogen) atoms. The number of aromatic nitrogens is 1. The van der Waals surface area contributed by atoms with Gasteiger partial charge in [0.1, 0.15) is 9.92 Å². The van der Waals surface area contributed by atoms with Crippen molar-refractivity contribution in [2.45, 2.75) is 30.3 Å². The number of sulfonamides is 1. The number of halogens is 1. The first-order valence-corrected chi connectivity index (χ1v) is 7.82. The van der Waals surface area contributed by atoms with Crippen molar-refractivity contribution in [2.24, 2.45) is 5.14 Å². The van der Waals surface area contributed by atoms with E-state index in [2.05, 4.69) is 4.98 Å². The second-order valence-corrected chi connectivity index (χ2v) is 6.24. The van der Waals surface area contributed by atoms with Gasteiger partial charge in [0.15, 0.2) is 0 Å². The van der Waals surface area contributed by atoms with E-state index in [0.29, 0.717) is 6.61 Å². The first-order valence-electron chi connectivity index (χ1n) is 5.89. The summed E-state index contributed by atoms with van der Waals surface area (Å²) in [6.45, 7) is 1.22. The Bertz CT molecular complexity index is 544. The van der Waals surface area contributed by atoms with Crippen molar-refractivity contribution in [3.05, 3.63) is 17.3 Å². The molecule has 6 nitrogen and oxygen atoms in total. The lowest BCUT2D eigenvalue weighted by Crippen LogP contribution is -2.13. The van der Waals surface area contributed by atoms with Crippen molar-refractivity contribution in [1.29, 1.82) is 0 Å². The van der Waals surface area contributed by atoms with E-state index >= 15 is 0 Å². The maximum absolute atomic E-state index is 11.1. The molecule has 1 fully saturated rings. The lowest BCUT2D eigenvalue weighted by molar-refractivity contribution is 0.0897. The predicted molar refractivity (Wildman–Crippen MR) is 69.7 cm³/mol. The monoisotopic (exact) mass is 306 g/mol. The molecule has 0 bridgehead atoms. The van der Waals surface area contributed by atoms with E-state index in [1.807, 2.05) is 0 Å². The SMILES string of the molecule is NS(=O)(=O)c1cnc(OCC[C@@H]2CCCO2)c(Cl)c1. The number of hydrogen-bond acceptors (Lipinski definition) is 5. The molecular weight excluding hydrogens is 292 g/mol. The molecule has 0 amide bonds. The van der Waals surface area contributed by atoms with Crippen molar-refractivity contribution in [1.82, 2.24) is 4.98 Å². The fraction of sp³-hybridized carbons (Fsp3) is 0.545. The molecule has 2 N–H and O–H groups in total. The van der Waals surface area contributed by atoms with Gasteiger partial charge in [-0.2, -0.15) is 0 Å². The van der Waals surface area contributed by atoms with Crippen LogP contribution in [0.25, 0.3) is 0 Å². The Morgan fingerprint density at radius 1 is 1.58 bits per heavy atom. The summed E-state index contributed by atoms with van der Waals surface area (Å²) < 4.78 is 33.1. The number of pyridine rings is 1. The second kappa shape index (κ2) is 6.04. The summed E-state index contributed by atoms with van der Waals surface area (Å²) in [5, 5.41) is 5.10. The normalized spacial score (nSPS) is 19.6. The van der Waals surface area contributed by atoms with E-state index in [0.717, 1.165) is 32.1 Å². The van der Waals surface area contributed by atoms with Crippen LogP contribution in [0.3, 0.4) is 0 Å². The first kappa shape index (κ1) is 14.5. The third kappa shape index (κ3) is 4.04. The highest BCUT2D eigenvalue weighted by Crippen LogP contribution is 2.24. The Labute approximate surface area is 116 Å². The lowest BCUT2D eigenvalue weighted by atomic mass is 10.2. The molecule has 2 heterocycles. The van der Waals surface area contributed by atoms with Crippen LogP contribution in [0.4, 0.5) is 0 Å². The maximum Gasteiger partial charge on any atom is 0.239 e. The highest BCUT2D eigenvalue weighted by molar-refractivity contribution is 7.89. The molecule has 2 rings (SSSR count). The minimum atomic E-state index is -3.80. The molecule has 1 aromatic rings. The molecule has 0 unspecified atom stereocenters. The molecule has 0 aromatic carbocycles. The predicted octanol–water partition coefficient (Wildman–Crippen LogP) is 1.33. The van der Waals surface area contributed by atoms with E-state index in [1.165, 1.54) is 6.07 Å². The van der Waals surface area contributed by atoms with E-state index in [4.69, 9.17) is 26.2 Å². The molecule has 8 heteroatoms. The summed E-state index contributed by atoms with van der Waals surface area (Å²) in [5.74, 6) is 0.201. The average Bonchev–Trinajstić information content (AvgIpc) is 2.83. The van der Waals surface area contributed by atoms with E-state index < -0.39 is 10.0 Å². The summed E-state index contributed by atoms with van der Waals surface area (Å²) in [5.41, 5.74) is 0. The smallest absolute Gasteiger partial charge is 0.239 e. The van der Waals surface area contributed by atoms with Gasteiger partial charge in [0, 0.05) is 13.0 Å². The summed E-state index contributed by atoms with van der Waals surface area (Å²) in [6, 6.07) is 1.23. The van der Waals surface area contributed by atoms with Gasteiger partial charge in [-0.15, -0.1) is 0 Å². The van der Waals surface area contributed by atoms with Crippen LogP contribution in [0, 0.1) is 0 Å². The van der Waals surface area contributed by atoms with Gasteiger partial charge in [0.05, 0.1) is 18.9 Å². The van der Waals surface area contributed by atoms with Crippen molar-refractivity contribution in [3.63, 3.8) is 0 Å². The molecule has 0 radical (unpaired) electrons. The Morgan fingerprint density at radius 2 is 2.37 bits per heavy atom. The molecular formula is C11H15ClN2O4S. The fourth-order valence-electron chi connectivity index (χ4n) is 1.83. The van der Waals surface area contributed by atoms with Crippen molar-refractivity contribution in [3.8, 4) is 5.88 Å². The highest BCUT2D eigenvalue weighted by atomic mass is 35.5. The van der Waals surface area contributed by atoms with Crippen molar-refractivity contribution in [2.75, 3.05) is 13.2 Å². The number of rotatable bonds is 5. The van der Waals surface area contributed by atoms with Gasteiger partial charge in [0.25, 0.3) is 0 Å². The number of ether oxygens (including phenoxy) is 2. The van der Waals surface area contributed by atoms with Crippen molar-refractivity contribution >= 4 is 21.6 Å². The quantitative estimate of drug-likeness (QED) is 0.886. The minimum absolute atomic E-state index is 0.124. The third-order valence-electron chi connectivity index (χ3n) is 2.81. The van der Waals surface area contributed by atoms with Gasteiger partial charge in [0.2, 0.25) is 15.9 Å². The number of primary sulfonamides is 1. The molecule has 1 saturated heterocycles. The fourth-order valence-corrected chi connectivity index (χ4v) is 2.60. The highest BCUT2D eigenvalue weighted by Gasteiger charge is 2.16. The summed E-state index contributed by atoms with van der Waals surface area (Å²) >= 11 is 5.89. The summed E-state index contributed by atoms with van der Waals surface area (Å²) in [6.07, 6.45) is 4.22. The Kier molecular flexibility index (Phi) is 4.62. The summed E-state index contributed by atoms with van der Waals surface area (Å²) in [4.78, 5) is 3.72. The molecule has 1 atom stereocenters. The van der Waals surface area contributed by atoms with Crippen LogP contribution in [0.2, 0.25) is 5.02 Å². The zero-order chi connectivity index (χ0) is 13.9. The largest absolute Gasteiger partial charge is 0.477 e. The molecule has 0 spiro atoms. The van der Waals surface area contributed by atoms with Gasteiger partial charge in [-0.05, 0) is 18.9 Å². The van der Waals surface area contributed by atoms with E-state index in [1.54, 1.807) is 0 Å². The zero-order valence-electron chi connectivity index (χ0n) is 10.2. The van der Waals surface area contributed by atoms with Crippen LogP contribution >= 0.6 is 11.6 Å². The Balaban J connectivity index is 1.93. The van der Waals surface area contributed by atoms with Crippen LogP contribution in [-0.2, 0) is 14.8 Å². The summed E-state index contributed by atoms with van der Waals surface area (Å²) in [7, 11) is -3.80. The lowest BCUT2D eigenvalue weighted by Gasteiger charge is -2.11. The van der Waals surface area contributed by atoms with E-state index in [-0.39, 0.29) is 21.9 Å². The molecule has 106 valence electrons. The topological polar surface area (TPSA) is 91.5 Å². The van der Waals surface area contributed by atoms with Crippen LogP contribution < -0.4 is 9.88 Å². The zero-order valence-corrected chi connectivity index (χ0v) is 11.8. The van der Waals surface area contributed by atoms with Crippen molar-refractivity contribution < 1.29 is 17.9 Å². The van der Waals surface area contributed by atoms with Gasteiger partial charge in [-0.3, -0.25) is 0 Å². The molecule has 0 saturated carbocycles. The number of nitrogens with zero attached hydrogens (tertiary/aromatic N) is 1. The Morgan fingerprint density at radius 3 is 2.95 bits per heavy atom. The number of nitrogens with two attached hydrogens (primary N) is 1. The third-order valence-corrected chi connectivity index (χ3v) is 3.96. The van der Waals surface area contributed by atoms with Gasteiger partial charge in [-0.25, -0.2) is 18.5 Å². The molecule has 0 aliphatic carbocycles. The molecule has 1 aromatic heterocycles. The minimum Gasteiger partial charge on any atom is -0.477 e. The molecule has 1 aliphatic rings. The van der Waals surface area contributed by atoms with Gasteiger partial charge >= 0.3 is 0 Å². The second-order valence-electron chi connectivity index (χ2n) is 4.28. The van der Waals surface area contributed by atoms with Gasteiger partial charge < -0.3 is 9.47 Å². The van der Waals surface area contributed by atoms with Crippen LogP contribution in [0.5, 0.6) is 5.88 Å².